The van der Waals surface area contributed by atoms with Crippen LogP contribution in [0.1, 0.15) is 5.56 Å². The predicted molar refractivity (Wildman–Crippen MR) is 67.6 cm³/mol. The van der Waals surface area contributed by atoms with E-state index in [1.54, 1.807) is 0 Å². The topological polar surface area (TPSA) is 81.4 Å². The van der Waals surface area contributed by atoms with Crippen LogP contribution in [0, 0.1) is 12.7 Å². The maximum atomic E-state index is 13.8. The van der Waals surface area contributed by atoms with Gasteiger partial charge >= 0.3 is 0 Å². The molecule has 1 aromatic carbocycles. The molecule has 0 unspecified atom stereocenters. The van der Waals surface area contributed by atoms with Crippen LogP contribution < -0.4 is 10.5 Å². The van der Waals surface area contributed by atoms with Gasteiger partial charge in [0.25, 0.3) is 6.43 Å². The lowest BCUT2D eigenvalue weighted by atomic mass is 10.2. The van der Waals surface area contributed by atoms with Crippen LogP contribution in [0.15, 0.2) is 17.0 Å². The summed E-state index contributed by atoms with van der Waals surface area (Å²) in [5.74, 6) is -0.903. The predicted octanol–water partition coefficient (Wildman–Crippen LogP) is 1.28. The van der Waals surface area contributed by atoms with Crippen molar-refractivity contribution in [3.05, 3.63) is 23.5 Å². The Morgan fingerprint density at radius 1 is 1.40 bits per heavy atom. The van der Waals surface area contributed by atoms with E-state index in [0.717, 1.165) is 6.07 Å². The van der Waals surface area contributed by atoms with Crippen LogP contribution in [0.5, 0.6) is 0 Å². The van der Waals surface area contributed by atoms with E-state index in [1.807, 2.05) is 0 Å². The Labute approximate surface area is 115 Å². The van der Waals surface area contributed by atoms with Crippen LogP contribution in [0.3, 0.4) is 0 Å². The molecule has 114 valence electrons. The molecule has 0 atom stereocenters. The Hall–Kier alpha value is -1.32. The lowest BCUT2D eigenvalue weighted by Crippen LogP contribution is -2.29. The van der Waals surface area contributed by atoms with Crippen molar-refractivity contribution < 1.29 is 26.3 Å². The van der Waals surface area contributed by atoms with E-state index in [-0.39, 0.29) is 24.4 Å². The molecule has 0 saturated heterocycles. The minimum Gasteiger partial charge on any atom is -0.399 e. The minimum atomic E-state index is -4.11. The normalized spacial score (nSPS) is 12.1. The van der Waals surface area contributed by atoms with Gasteiger partial charge in [-0.2, -0.15) is 0 Å². The number of nitrogens with one attached hydrogen (secondary N) is 1. The fourth-order valence-electron chi connectivity index (χ4n) is 1.46. The second-order valence-corrected chi connectivity index (χ2v) is 5.75. The van der Waals surface area contributed by atoms with E-state index in [9.17, 15) is 21.6 Å². The fraction of sp³-hybridized carbons (Fsp3) is 0.455. The highest BCUT2D eigenvalue weighted by molar-refractivity contribution is 7.89. The monoisotopic (exact) mass is 312 g/mol. The number of rotatable bonds is 7. The molecule has 0 saturated carbocycles. The Kier molecular flexibility index (Phi) is 5.78. The fourth-order valence-corrected chi connectivity index (χ4v) is 2.65. The Morgan fingerprint density at radius 3 is 2.65 bits per heavy atom. The van der Waals surface area contributed by atoms with Gasteiger partial charge in [-0.25, -0.2) is 26.3 Å². The molecule has 0 aliphatic carbocycles. The summed E-state index contributed by atoms with van der Waals surface area (Å²) < 4.78 is 67.6. The highest BCUT2D eigenvalue weighted by Crippen LogP contribution is 2.21. The molecule has 0 aromatic heterocycles. The van der Waals surface area contributed by atoms with Crippen LogP contribution >= 0.6 is 0 Å². The van der Waals surface area contributed by atoms with Crippen LogP contribution in [0.4, 0.5) is 18.9 Å². The van der Waals surface area contributed by atoms with Gasteiger partial charge in [-0.05, 0) is 24.6 Å². The standard InChI is InChI=1S/C11H15F3N2O3S/c1-7-4-8(15)5-9(11(7)14)20(17,18)16-2-3-19-6-10(12)13/h4-5,10,16H,2-3,6,15H2,1H3. The molecule has 0 radical (unpaired) electrons. The van der Waals surface area contributed by atoms with Crippen LogP contribution in [-0.2, 0) is 14.8 Å². The largest absolute Gasteiger partial charge is 0.399 e. The van der Waals surface area contributed by atoms with Gasteiger partial charge in [0.05, 0.1) is 6.61 Å². The average Bonchev–Trinajstić information content (AvgIpc) is 2.32. The zero-order valence-electron chi connectivity index (χ0n) is 10.7. The summed E-state index contributed by atoms with van der Waals surface area (Å²) in [5, 5.41) is 0. The number of aryl methyl sites for hydroxylation is 1. The summed E-state index contributed by atoms with van der Waals surface area (Å²) in [5.41, 5.74) is 5.67. The highest BCUT2D eigenvalue weighted by Gasteiger charge is 2.20. The second-order valence-electron chi connectivity index (χ2n) is 4.01. The van der Waals surface area contributed by atoms with E-state index >= 15 is 0 Å². The number of halogens is 3. The molecule has 0 bridgehead atoms. The van der Waals surface area contributed by atoms with Crippen molar-refractivity contribution in [3.63, 3.8) is 0 Å². The van der Waals surface area contributed by atoms with Gasteiger partial charge in [-0.3, -0.25) is 0 Å². The van der Waals surface area contributed by atoms with Crippen LogP contribution in [0.25, 0.3) is 0 Å². The molecule has 0 amide bonds. The summed E-state index contributed by atoms with van der Waals surface area (Å²) >= 11 is 0. The molecular weight excluding hydrogens is 297 g/mol. The number of benzene rings is 1. The minimum absolute atomic E-state index is 0.0966. The smallest absolute Gasteiger partial charge is 0.261 e. The third kappa shape index (κ3) is 4.66. The van der Waals surface area contributed by atoms with Crippen molar-refractivity contribution in [2.24, 2.45) is 0 Å². The first kappa shape index (κ1) is 16.7. The van der Waals surface area contributed by atoms with Gasteiger partial charge in [0.15, 0.2) is 0 Å². The highest BCUT2D eigenvalue weighted by atomic mass is 32.2. The molecule has 0 aliphatic rings. The van der Waals surface area contributed by atoms with Crippen molar-refractivity contribution in [2.75, 3.05) is 25.5 Å². The third-order valence-corrected chi connectivity index (χ3v) is 3.78. The maximum Gasteiger partial charge on any atom is 0.261 e. The summed E-state index contributed by atoms with van der Waals surface area (Å²) in [6, 6.07) is 2.30. The van der Waals surface area contributed by atoms with E-state index in [2.05, 4.69) is 9.46 Å². The van der Waals surface area contributed by atoms with Crippen molar-refractivity contribution in [3.8, 4) is 0 Å². The molecule has 0 spiro atoms. The number of hydrogen-bond donors (Lipinski definition) is 2. The molecule has 9 heteroatoms. The molecule has 0 fully saturated rings. The number of ether oxygens (including phenoxy) is 1. The second kappa shape index (κ2) is 6.91. The number of hydrogen-bond acceptors (Lipinski definition) is 4. The lowest BCUT2D eigenvalue weighted by Gasteiger charge is -2.10. The first-order valence-electron chi connectivity index (χ1n) is 5.65. The quantitative estimate of drug-likeness (QED) is 0.587. The molecule has 20 heavy (non-hydrogen) atoms. The Morgan fingerprint density at radius 2 is 2.05 bits per heavy atom. The number of nitrogen functional groups attached to an aromatic ring is 1. The van der Waals surface area contributed by atoms with E-state index in [0.29, 0.717) is 0 Å². The SMILES string of the molecule is Cc1cc(N)cc(S(=O)(=O)NCCOCC(F)F)c1F. The molecule has 1 rings (SSSR count). The number of nitrogens with two attached hydrogens (primary N) is 1. The van der Waals surface area contributed by atoms with E-state index < -0.39 is 33.8 Å². The number of alkyl halides is 2. The van der Waals surface area contributed by atoms with Crippen molar-refractivity contribution in [2.45, 2.75) is 18.2 Å². The summed E-state index contributed by atoms with van der Waals surface area (Å²) in [4.78, 5) is -0.580. The lowest BCUT2D eigenvalue weighted by molar-refractivity contribution is 0.0199. The van der Waals surface area contributed by atoms with Crippen molar-refractivity contribution in [1.82, 2.24) is 4.72 Å². The molecular formula is C11H15F3N2O3S. The average molecular weight is 312 g/mol. The number of sulfonamides is 1. The summed E-state index contributed by atoms with van der Waals surface area (Å²) in [6.45, 7) is 0.110. The zero-order chi connectivity index (χ0) is 15.3. The maximum absolute atomic E-state index is 13.8. The summed E-state index contributed by atoms with van der Waals surface area (Å²) in [6.07, 6.45) is -2.62. The summed E-state index contributed by atoms with van der Waals surface area (Å²) in [7, 11) is -4.11. The van der Waals surface area contributed by atoms with Gasteiger partial charge in [-0.15, -0.1) is 0 Å². The van der Waals surface area contributed by atoms with Gasteiger partial charge in [0.1, 0.15) is 17.3 Å². The van der Waals surface area contributed by atoms with Crippen LogP contribution in [0.2, 0.25) is 0 Å². The van der Waals surface area contributed by atoms with Gasteiger partial charge < -0.3 is 10.5 Å². The Balaban J connectivity index is 2.70. The molecule has 1 aromatic rings. The Bertz CT molecular complexity index is 564. The van der Waals surface area contributed by atoms with Crippen molar-refractivity contribution >= 4 is 15.7 Å². The number of anilines is 1. The third-order valence-electron chi connectivity index (χ3n) is 2.32. The zero-order valence-corrected chi connectivity index (χ0v) is 11.5. The molecule has 0 aliphatic heterocycles. The first-order valence-corrected chi connectivity index (χ1v) is 7.13. The molecule has 5 nitrogen and oxygen atoms in total. The van der Waals surface area contributed by atoms with Gasteiger partial charge in [-0.1, -0.05) is 0 Å². The first-order chi connectivity index (χ1) is 9.24. The van der Waals surface area contributed by atoms with E-state index in [4.69, 9.17) is 5.73 Å². The van der Waals surface area contributed by atoms with Gasteiger partial charge in [0.2, 0.25) is 10.0 Å². The van der Waals surface area contributed by atoms with E-state index in [1.165, 1.54) is 13.0 Å². The molecule has 0 heterocycles. The van der Waals surface area contributed by atoms with Crippen molar-refractivity contribution in [1.29, 1.82) is 0 Å². The van der Waals surface area contributed by atoms with Gasteiger partial charge in [0, 0.05) is 12.2 Å². The molecule has 3 N–H and O–H groups in total. The van der Waals surface area contributed by atoms with Crippen LogP contribution in [-0.4, -0.2) is 34.6 Å².